The van der Waals surface area contributed by atoms with Crippen molar-refractivity contribution in [3.05, 3.63) is 58.5 Å². The Bertz CT molecular complexity index is 797. The molecule has 0 amide bonds. The first kappa shape index (κ1) is 12.0. The van der Waals surface area contributed by atoms with Gasteiger partial charge in [0.15, 0.2) is 0 Å². The molecule has 100 valence electrons. The van der Waals surface area contributed by atoms with Crippen LogP contribution in [0.1, 0.15) is 24.1 Å². The van der Waals surface area contributed by atoms with Crippen LogP contribution in [0.3, 0.4) is 0 Å². The predicted molar refractivity (Wildman–Crippen MR) is 85.3 cm³/mol. The molecule has 0 saturated heterocycles. The summed E-state index contributed by atoms with van der Waals surface area (Å²) in [6.45, 7) is 0. The summed E-state index contributed by atoms with van der Waals surface area (Å²) in [5.41, 5.74) is 4.95. The fourth-order valence-corrected chi connectivity index (χ4v) is 3.28. The van der Waals surface area contributed by atoms with E-state index in [-0.39, 0.29) is 0 Å². The zero-order valence-corrected chi connectivity index (χ0v) is 12.5. The smallest absolute Gasteiger partial charge is 0.0850 e. The number of benzene rings is 1. The molecule has 0 aliphatic heterocycles. The van der Waals surface area contributed by atoms with Crippen molar-refractivity contribution in [2.75, 3.05) is 0 Å². The Morgan fingerprint density at radius 2 is 2.00 bits per heavy atom. The van der Waals surface area contributed by atoms with Gasteiger partial charge in [0.05, 0.1) is 11.4 Å². The molecule has 2 heterocycles. The molecule has 0 spiro atoms. The Morgan fingerprint density at radius 1 is 1.15 bits per heavy atom. The van der Waals surface area contributed by atoms with Gasteiger partial charge in [-0.1, -0.05) is 15.9 Å². The molecule has 0 unspecified atom stereocenters. The van der Waals surface area contributed by atoms with E-state index in [1.54, 1.807) is 0 Å². The van der Waals surface area contributed by atoms with Gasteiger partial charge in [-0.05, 0) is 55.2 Å². The van der Waals surface area contributed by atoms with E-state index >= 15 is 0 Å². The van der Waals surface area contributed by atoms with Crippen LogP contribution in [0.25, 0.3) is 10.9 Å². The van der Waals surface area contributed by atoms with Crippen molar-refractivity contribution in [3.8, 4) is 0 Å². The van der Waals surface area contributed by atoms with Crippen molar-refractivity contribution < 1.29 is 0 Å². The third-order valence-corrected chi connectivity index (χ3v) is 4.32. The summed E-state index contributed by atoms with van der Waals surface area (Å²) in [6.07, 6.45) is 7.25. The summed E-state index contributed by atoms with van der Waals surface area (Å²) in [6, 6.07) is 10.4. The lowest BCUT2D eigenvalue weighted by Gasteiger charge is -2.14. The van der Waals surface area contributed by atoms with Crippen molar-refractivity contribution in [2.45, 2.75) is 19.3 Å². The molecular weight excluding hydrogens is 314 g/mol. The van der Waals surface area contributed by atoms with Crippen molar-refractivity contribution in [3.63, 3.8) is 0 Å². The molecule has 0 fully saturated rings. The number of halogens is 1. The normalized spacial score (nSPS) is 16.8. The minimum Gasteiger partial charge on any atom is -0.353 e. The predicted octanol–water partition coefficient (Wildman–Crippen LogP) is 4.32. The highest BCUT2D eigenvalue weighted by Crippen LogP contribution is 2.31. The van der Waals surface area contributed by atoms with Crippen LogP contribution in [-0.2, 0) is 6.42 Å². The summed E-state index contributed by atoms with van der Waals surface area (Å²) in [7, 11) is 0. The fraction of sp³-hybridized carbons (Fsp3) is 0.188. The number of aromatic nitrogens is 2. The average Bonchev–Trinajstić information content (AvgIpc) is 3.07. The third kappa shape index (κ3) is 1.91. The highest BCUT2D eigenvalue weighted by Gasteiger charge is 2.20. The molecule has 2 aromatic heterocycles. The van der Waals surface area contributed by atoms with Gasteiger partial charge in [-0.2, -0.15) is 5.10 Å². The van der Waals surface area contributed by atoms with E-state index in [0.29, 0.717) is 0 Å². The lowest BCUT2D eigenvalue weighted by molar-refractivity contribution is 0.809. The average molecular weight is 328 g/mol. The lowest BCUT2D eigenvalue weighted by Crippen LogP contribution is -2.12. The van der Waals surface area contributed by atoms with Crippen LogP contribution < -0.4 is 0 Å². The number of fused-ring (bicyclic) bond motifs is 3. The fourth-order valence-electron chi connectivity index (χ4n) is 2.92. The number of nitrogens with zero attached hydrogens (tertiary/aromatic N) is 2. The molecule has 0 saturated carbocycles. The second-order valence-corrected chi connectivity index (χ2v) is 6.05. The minimum absolute atomic E-state index is 1.03. The number of hydrogen-bond acceptors (Lipinski definition) is 1. The second-order valence-electron chi connectivity index (χ2n) is 5.13. The van der Waals surface area contributed by atoms with Crippen molar-refractivity contribution in [1.29, 1.82) is 0 Å². The van der Waals surface area contributed by atoms with Crippen LogP contribution in [0.15, 0.2) is 52.3 Å². The maximum absolute atomic E-state index is 4.73. The Labute approximate surface area is 125 Å². The molecule has 1 aliphatic carbocycles. The summed E-state index contributed by atoms with van der Waals surface area (Å²) in [5, 5.41) is 6.04. The zero-order valence-electron chi connectivity index (χ0n) is 10.9. The number of nitrogens with one attached hydrogen (secondary N) is 1. The zero-order chi connectivity index (χ0) is 13.5. The van der Waals surface area contributed by atoms with Gasteiger partial charge in [-0.3, -0.25) is 0 Å². The third-order valence-electron chi connectivity index (χ3n) is 3.82. The molecule has 3 aromatic rings. The van der Waals surface area contributed by atoms with E-state index in [1.807, 2.05) is 29.2 Å². The number of H-pyrrole nitrogens is 1. The van der Waals surface area contributed by atoms with Gasteiger partial charge in [0, 0.05) is 27.8 Å². The van der Waals surface area contributed by atoms with E-state index in [2.05, 4.69) is 39.1 Å². The molecule has 3 nitrogen and oxygen atoms in total. The summed E-state index contributed by atoms with van der Waals surface area (Å²) >= 11 is 3.56. The summed E-state index contributed by atoms with van der Waals surface area (Å²) < 4.78 is 3.01. The molecule has 1 N–H and O–H groups in total. The number of aromatic amines is 1. The molecule has 1 aliphatic rings. The monoisotopic (exact) mass is 327 g/mol. The van der Waals surface area contributed by atoms with Crippen molar-refractivity contribution in [1.82, 2.24) is 9.66 Å². The Hall–Kier alpha value is -1.81. The first-order chi connectivity index (χ1) is 9.81. The summed E-state index contributed by atoms with van der Waals surface area (Å²) in [4.78, 5) is 3.54. The molecule has 1 aromatic carbocycles. The van der Waals surface area contributed by atoms with Gasteiger partial charge in [-0.25, -0.2) is 4.68 Å². The van der Waals surface area contributed by atoms with Gasteiger partial charge in [0.1, 0.15) is 0 Å². The van der Waals surface area contributed by atoms with E-state index in [1.165, 1.54) is 22.2 Å². The quantitative estimate of drug-likeness (QED) is 0.690. The molecule has 0 bridgehead atoms. The van der Waals surface area contributed by atoms with Crippen LogP contribution in [0, 0.1) is 0 Å². The number of hydrogen-bond donors (Lipinski definition) is 1. The van der Waals surface area contributed by atoms with Crippen LogP contribution in [-0.4, -0.2) is 15.4 Å². The van der Waals surface area contributed by atoms with Crippen molar-refractivity contribution in [2.24, 2.45) is 5.10 Å². The van der Waals surface area contributed by atoms with Crippen LogP contribution in [0.5, 0.6) is 0 Å². The molecule has 4 rings (SSSR count). The van der Waals surface area contributed by atoms with Crippen LogP contribution >= 0.6 is 15.9 Å². The van der Waals surface area contributed by atoms with E-state index in [4.69, 9.17) is 5.10 Å². The van der Waals surface area contributed by atoms with Gasteiger partial charge in [-0.15, -0.1) is 0 Å². The molecular formula is C16H14BrN3. The van der Waals surface area contributed by atoms with Crippen molar-refractivity contribution >= 4 is 32.5 Å². The Kier molecular flexibility index (Phi) is 2.77. The van der Waals surface area contributed by atoms with E-state index < -0.39 is 0 Å². The molecule has 0 radical (unpaired) electrons. The maximum Gasteiger partial charge on any atom is 0.0850 e. The molecule has 4 heteroatoms. The highest BCUT2D eigenvalue weighted by atomic mass is 79.9. The SMILES string of the molecule is Brc1ccc2[nH]c3c(c2c1)CCC/C3=N\n1cccc1. The van der Waals surface area contributed by atoms with Gasteiger partial charge in [0.2, 0.25) is 0 Å². The first-order valence-corrected chi connectivity index (χ1v) is 7.62. The summed E-state index contributed by atoms with van der Waals surface area (Å²) in [5.74, 6) is 0. The topological polar surface area (TPSA) is 33.1 Å². The maximum atomic E-state index is 4.73. The standard InChI is InChI=1S/C16H14BrN3/c17-11-6-7-14-13(10-11)12-4-3-5-15(16(12)18-14)19-20-8-1-2-9-20/h1-2,6-10,18H,3-5H2/b19-15+. The van der Waals surface area contributed by atoms with Gasteiger partial charge >= 0.3 is 0 Å². The second kappa shape index (κ2) is 4.63. The Balaban J connectivity index is 1.91. The number of rotatable bonds is 1. The lowest BCUT2D eigenvalue weighted by atomic mass is 9.94. The largest absolute Gasteiger partial charge is 0.353 e. The highest BCUT2D eigenvalue weighted by molar-refractivity contribution is 9.10. The van der Waals surface area contributed by atoms with Gasteiger partial charge in [0.25, 0.3) is 0 Å². The van der Waals surface area contributed by atoms with Crippen LogP contribution in [0.2, 0.25) is 0 Å². The number of aryl methyl sites for hydroxylation is 1. The van der Waals surface area contributed by atoms with Crippen LogP contribution in [0.4, 0.5) is 0 Å². The minimum atomic E-state index is 1.03. The first-order valence-electron chi connectivity index (χ1n) is 6.82. The van der Waals surface area contributed by atoms with E-state index in [9.17, 15) is 0 Å². The Morgan fingerprint density at radius 3 is 2.85 bits per heavy atom. The molecule has 20 heavy (non-hydrogen) atoms. The van der Waals surface area contributed by atoms with E-state index in [0.717, 1.165) is 29.4 Å². The molecule has 0 atom stereocenters. The van der Waals surface area contributed by atoms with Gasteiger partial charge < -0.3 is 4.98 Å².